The Bertz CT molecular complexity index is 548. The first-order chi connectivity index (χ1) is 11.7. The zero-order valence-electron chi connectivity index (χ0n) is 15.1. The molecule has 6 heteroatoms. The fourth-order valence-electron chi connectivity index (χ4n) is 3.92. The van der Waals surface area contributed by atoms with Crippen LogP contribution in [0.25, 0.3) is 0 Å². The zero-order valence-corrected chi connectivity index (χ0v) is 15.1. The molecule has 1 aliphatic heterocycles. The van der Waals surface area contributed by atoms with Crippen molar-refractivity contribution in [1.29, 1.82) is 0 Å². The lowest BCUT2D eigenvalue weighted by molar-refractivity contribution is 0.171. The fraction of sp³-hybridized carbons (Fsp3) is 0.833. The average Bonchev–Trinajstić information content (AvgIpc) is 2.98. The molecule has 1 aliphatic carbocycles. The maximum Gasteiger partial charge on any atom is 0.317 e. The topological polar surface area (TPSA) is 63.1 Å². The molecule has 0 radical (unpaired) electrons. The van der Waals surface area contributed by atoms with Crippen molar-refractivity contribution >= 4 is 6.03 Å². The molecule has 1 atom stereocenters. The van der Waals surface area contributed by atoms with Crippen molar-refractivity contribution in [2.24, 2.45) is 0 Å². The Morgan fingerprint density at radius 2 is 1.88 bits per heavy atom. The summed E-state index contributed by atoms with van der Waals surface area (Å²) in [7, 11) is 1.95. The molecular formula is C18H31N5O. The van der Waals surface area contributed by atoms with E-state index < -0.39 is 0 Å². The van der Waals surface area contributed by atoms with E-state index in [1.165, 1.54) is 32.1 Å². The third-order valence-electron chi connectivity index (χ3n) is 5.48. The van der Waals surface area contributed by atoms with Crippen LogP contribution in [-0.2, 0) is 13.0 Å². The number of aromatic nitrogens is 3. The number of amides is 2. The second kappa shape index (κ2) is 7.99. The number of nitrogens with zero attached hydrogens (tertiary/aromatic N) is 4. The number of hydrogen-bond acceptors (Lipinski definition) is 3. The zero-order chi connectivity index (χ0) is 16.9. The Kier molecular flexibility index (Phi) is 5.74. The summed E-state index contributed by atoms with van der Waals surface area (Å²) < 4.78 is 1.98. The molecule has 3 rings (SSSR count). The molecule has 0 spiro atoms. The third-order valence-corrected chi connectivity index (χ3v) is 5.48. The van der Waals surface area contributed by atoms with Crippen molar-refractivity contribution in [3.63, 3.8) is 0 Å². The van der Waals surface area contributed by atoms with Gasteiger partial charge in [-0.15, -0.1) is 0 Å². The second-order valence-corrected chi connectivity index (χ2v) is 7.22. The molecule has 2 heterocycles. The van der Waals surface area contributed by atoms with Crippen LogP contribution in [0.4, 0.5) is 4.79 Å². The fourth-order valence-corrected chi connectivity index (χ4v) is 3.92. The number of carbonyl (C=O) groups is 1. The van der Waals surface area contributed by atoms with E-state index in [4.69, 9.17) is 0 Å². The van der Waals surface area contributed by atoms with E-state index in [1.54, 1.807) is 0 Å². The van der Waals surface area contributed by atoms with Gasteiger partial charge in [0.05, 0.1) is 6.04 Å². The Labute approximate surface area is 145 Å². The average molecular weight is 333 g/mol. The van der Waals surface area contributed by atoms with E-state index in [0.717, 1.165) is 50.3 Å². The number of hydrogen-bond donors (Lipinski definition) is 1. The van der Waals surface area contributed by atoms with Gasteiger partial charge in [0.2, 0.25) is 0 Å². The Balaban J connectivity index is 1.63. The first-order valence-electron chi connectivity index (χ1n) is 9.66. The molecule has 1 N–H and O–H groups in total. The first-order valence-corrected chi connectivity index (χ1v) is 9.66. The molecule has 0 bridgehead atoms. The molecule has 1 fully saturated rings. The summed E-state index contributed by atoms with van der Waals surface area (Å²) in [5, 5.41) is 7.73. The van der Waals surface area contributed by atoms with Crippen LogP contribution in [0.5, 0.6) is 0 Å². The number of rotatable bonds is 3. The Morgan fingerprint density at radius 3 is 2.58 bits per heavy atom. The molecule has 1 saturated carbocycles. The van der Waals surface area contributed by atoms with E-state index in [-0.39, 0.29) is 12.1 Å². The number of nitrogens with one attached hydrogen (secondary N) is 1. The van der Waals surface area contributed by atoms with Crippen LogP contribution < -0.4 is 5.32 Å². The smallest absolute Gasteiger partial charge is 0.317 e. The summed E-state index contributed by atoms with van der Waals surface area (Å²) >= 11 is 0. The molecule has 1 unspecified atom stereocenters. The summed E-state index contributed by atoms with van der Waals surface area (Å²) in [4.78, 5) is 19.3. The van der Waals surface area contributed by atoms with E-state index in [9.17, 15) is 4.79 Å². The second-order valence-electron chi connectivity index (χ2n) is 7.22. The van der Waals surface area contributed by atoms with Gasteiger partial charge in [0.25, 0.3) is 0 Å². The highest BCUT2D eigenvalue weighted by atomic mass is 16.2. The highest BCUT2D eigenvalue weighted by Crippen LogP contribution is 2.25. The quantitative estimate of drug-likeness (QED) is 0.922. The minimum absolute atomic E-state index is 0.00458. The van der Waals surface area contributed by atoms with Gasteiger partial charge in [0.1, 0.15) is 5.82 Å². The van der Waals surface area contributed by atoms with E-state index >= 15 is 0 Å². The summed E-state index contributed by atoms with van der Waals surface area (Å²) in [5.41, 5.74) is 0. The van der Waals surface area contributed by atoms with Gasteiger partial charge in [-0.05, 0) is 25.7 Å². The van der Waals surface area contributed by atoms with Crippen molar-refractivity contribution in [2.75, 3.05) is 7.05 Å². The SMILES string of the molecule is CCc1nc2n(n1)CCCC2NC(=O)N(C)C1CCCCCCC1. The third kappa shape index (κ3) is 3.90. The first kappa shape index (κ1) is 17.2. The molecule has 134 valence electrons. The van der Waals surface area contributed by atoms with Crippen molar-refractivity contribution in [3.05, 3.63) is 11.6 Å². The lowest BCUT2D eigenvalue weighted by Crippen LogP contribution is -2.46. The lowest BCUT2D eigenvalue weighted by Gasteiger charge is -2.32. The van der Waals surface area contributed by atoms with Gasteiger partial charge in [-0.3, -0.25) is 0 Å². The van der Waals surface area contributed by atoms with Crippen LogP contribution >= 0.6 is 0 Å². The van der Waals surface area contributed by atoms with Crippen LogP contribution in [0.3, 0.4) is 0 Å². The number of carbonyl (C=O) groups excluding carboxylic acids is 1. The number of urea groups is 1. The molecule has 24 heavy (non-hydrogen) atoms. The lowest BCUT2D eigenvalue weighted by atomic mass is 9.96. The van der Waals surface area contributed by atoms with Crippen LogP contribution in [0.15, 0.2) is 0 Å². The highest BCUT2D eigenvalue weighted by Gasteiger charge is 2.28. The summed E-state index contributed by atoms with van der Waals surface area (Å²) in [5.74, 6) is 1.80. The van der Waals surface area contributed by atoms with Crippen molar-refractivity contribution in [2.45, 2.75) is 89.8 Å². The van der Waals surface area contributed by atoms with E-state index in [0.29, 0.717) is 6.04 Å². The van der Waals surface area contributed by atoms with Crippen LogP contribution in [-0.4, -0.2) is 38.8 Å². The maximum absolute atomic E-state index is 12.8. The predicted octanol–water partition coefficient (Wildman–Crippen LogP) is 3.43. The van der Waals surface area contributed by atoms with Gasteiger partial charge in [-0.2, -0.15) is 5.10 Å². The van der Waals surface area contributed by atoms with Gasteiger partial charge in [-0.1, -0.05) is 39.0 Å². The van der Waals surface area contributed by atoms with Crippen molar-refractivity contribution < 1.29 is 4.79 Å². The molecule has 2 amide bonds. The van der Waals surface area contributed by atoms with Gasteiger partial charge >= 0.3 is 6.03 Å². The molecular weight excluding hydrogens is 302 g/mol. The van der Waals surface area contributed by atoms with Crippen molar-refractivity contribution in [3.8, 4) is 0 Å². The minimum atomic E-state index is -0.00458. The molecule has 6 nitrogen and oxygen atoms in total. The van der Waals surface area contributed by atoms with Crippen LogP contribution in [0.2, 0.25) is 0 Å². The molecule has 1 aromatic rings. The maximum atomic E-state index is 12.8. The Morgan fingerprint density at radius 1 is 1.17 bits per heavy atom. The van der Waals surface area contributed by atoms with Gasteiger partial charge in [-0.25, -0.2) is 14.5 Å². The highest BCUT2D eigenvalue weighted by molar-refractivity contribution is 5.74. The van der Waals surface area contributed by atoms with E-state index in [1.807, 2.05) is 16.6 Å². The van der Waals surface area contributed by atoms with Gasteiger partial charge in [0, 0.05) is 26.1 Å². The minimum Gasteiger partial charge on any atom is -0.328 e. The van der Waals surface area contributed by atoms with Crippen molar-refractivity contribution in [1.82, 2.24) is 25.0 Å². The normalized spacial score (nSPS) is 22.3. The molecule has 2 aliphatic rings. The predicted molar refractivity (Wildman–Crippen MR) is 93.8 cm³/mol. The number of fused-ring (bicyclic) bond motifs is 1. The Hall–Kier alpha value is -1.59. The summed E-state index contributed by atoms with van der Waals surface area (Å²) in [6.45, 7) is 2.98. The van der Waals surface area contributed by atoms with Gasteiger partial charge in [0.15, 0.2) is 5.82 Å². The van der Waals surface area contributed by atoms with Crippen LogP contribution in [0, 0.1) is 0 Å². The molecule has 1 aromatic heterocycles. The van der Waals surface area contributed by atoms with Crippen LogP contribution in [0.1, 0.15) is 82.4 Å². The monoisotopic (exact) mass is 333 g/mol. The largest absolute Gasteiger partial charge is 0.328 e. The standard InChI is InChI=1S/C18H31N5O/c1-3-16-20-17-15(12-9-13-23(17)21-16)19-18(24)22(2)14-10-7-5-4-6-8-11-14/h14-15H,3-13H2,1-2H3,(H,19,24). The molecule has 0 saturated heterocycles. The number of aryl methyl sites for hydroxylation is 2. The summed E-state index contributed by atoms with van der Waals surface area (Å²) in [6.07, 6.45) is 11.5. The molecule has 0 aromatic carbocycles. The van der Waals surface area contributed by atoms with E-state index in [2.05, 4.69) is 22.3 Å². The summed E-state index contributed by atoms with van der Waals surface area (Å²) in [6, 6.07) is 0.410. The van der Waals surface area contributed by atoms with Gasteiger partial charge < -0.3 is 10.2 Å².